The van der Waals surface area contributed by atoms with E-state index in [-0.39, 0.29) is 18.4 Å². The van der Waals surface area contributed by atoms with Gasteiger partial charge in [-0.2, -0.15) is 0 Å². The van der Waals surface area contributed by atoms with Gasteiger partial charge in [0.2, 0.25) is 5.91 Å². The van der Waals surface area contributed by atoms with Gasteiger partial charge in [-0.15, -0.1) is 0 Å². The van der Waals surface area contributed by atoms with Crippen molar-refractivity contribution in [3.63, 3.8) is 0 Å². The molecule has 0 atom stereocenters. The first-order valence-corrected chi connectivity index (χ1v) is 12.0. The van der Waals surface area contributed by atoms with E-state index in [1.807, 2.05) is 45.0 Å². The Morgan fingerprint density at radius 2 is 1.74 bits per heavy atom. The van der Waals surface area contributed by atoms with Crippen LogP contribution in [0.15, 0.2) is 42.5 Å². The number of anilines is 2. The zero-order valence-electron chi connectivity index (χ0n) is 20.3. The van der Waals surface area contributed by atoms with Gasteiger partial charge in [0, 0.05) is 36.6 Å². The highest BCUT2D eigenvalue weighted by Gasteiger charge is 2.20. The number of rotatable bonds is 11. The van der Waals surface area contributed by atoms with E-state index in [2.05, 4.69) is 10.2 Å². The van der Waals surface area contributed by atoms with Crippen LogP contribution in [-0.4, -0.2) is 69.3 Å². The Labute approximate surface area is 201 Å². The molecule has 1 fully saturated rings. The fraction of sp³-hybridized carbons (Fsp3) is 0.462. The number of likely N-dealkylation sites (N-methyl/N-ethyl adjacent to an activating group) is 1. The van der Waals surface area contributed by atoms with Crippen molar-refractivity contribution in [1.29, 1.82) is 0 Å². The van der Waals surface area contributed by atoms with Crippen molar-refractivity contribution in [3.05, 3.63) is 48.0 Å². The molecular weight excluding hydrogens is 434 g/mol. The molecule has 1 saturated heterocycles. The van der Waals surface area contributed by atoms with Gasteiger partial charge in [-0.1, -0.05) is 6.92 Å². The summed E-state index contributed by atoms with van der Waals surface area (Å²) in [6.07, 6.45) is 0.876. The lowest BCUT2D eigenvalue weighted by Crippen LogP contribution is -2.38. The number of hydrogen-bond acceptors (Lipinski definition) is 6. The first-order chi connectivity index (χ1) is 16.5. The third kappa shape index (κ3) is 6.87. The standard InChI is InChI=1S/C26H35N3O5/c1-4-15-34-23-12-7-20(18-24(23)33-6-3)26(31)28(5-2)19-25(30)27-21-8-10-22(11-9-21)29-13-16-32-17-14-29/h7-12,18H,4-6,13-17,19H2,1-3H3,(H,27,30). The molecule has 2 aromatic carbocycles. The molecule has 0 bridgehead atoms. The summed E-state index contributed by atoms with van der Waals surface area (Å²) in [5, 5.41) is 2.89. The molecule has 2 aromatic rings. The fourth-order valence-electron chi connectivity index (χ4n) is 3.70. The third-order valence-corrected chi connectivity index (χ3v) is 5.48. The van der Waals surface area contributed by atoms with Crippen LogP contribution < -0.4 is 19.7 Å². The maximum absolute atomic E-state index is 13.1. The molecule has 0 radical (unpaired) electrons. The van der Waals surface area contributed by atoms with Crippen molar-refractivity contribution in [2.75, 3.05) is 62.8 Å². The van der Waals surface area contributed by atoms with Crippen LogP contribution in [0, 0.1) is 0 Å². The summed E-state index contributed by atoms with van der Waals surface area (Å²) in [7, 11) is 0. The molecule has 184 valence electrons. The number of morpholine rings is 1. The lowest BCUT2D eigenvalue weighted by Gasteiger charge is -2.29. The van der Waals surface area contributed by atoms with Crippen LogP contribution in [0.5, 0.6) is 11.5 Å². The summed E-state index contributed by atoms with van der Waals surface area (Å²) < 4.78 is 16.8. The second kappa shape index (κ2) is 12.8. The fourth-order valence-corrected chi connectivity index (χ4v) is 3.70. The first kappa shape index (κ1) is 25.4. The summed E-state index contributed by atoms with van der Waals surface area (Å²) in [4.78, 5) is 29.5. The van der Waals surface area contributed by atoms with E-state index < -0.39 is 0 Å². The average Bonchev–Trinajstić information content (AvgIpc) is 2.87. The van der Waals surface area contributed by atoms with Gasteiger partial charge in [-0.25, -0.2) is 0 Å². The van der Waals surface area contributed by atoms with Crippen LogP contribution in [0.1, 0.15) is 37.6 Å². The Kier molecular flexibility index (Phi) is 9.58. The zero-order valence-corrected chi connectivity index (χ0v) is 20.3. The zero-order chi connectivity index (χ0) is 24.3. The molecule has 34 heavy (non-hydrogen) atoms. The molecule has 8 nitrogen and oxygen atoms in total. The average molecular weight is 470 g/mol. The molecule has 0 saturated carbocycles. The molecule has 1 aliphatic rings. The maximum Gasteiger partial charge on any atom is 0.254 e. The van der Waals surface area contributed by atoms with Crippen LogP contribution in [0.25, 0.3) is 0 Å². The Bertz CT molecular complexity index is 942. The van der Waals surface area contributed by atoms with E-state index in [0.717, 1.165) is 38.4 Å². The minimum atomic E-state index is -0.248. The number of amides is 2. The van der Waals surface area contributed by atoms with Crippen LogP contribution in [0.4, 0.5) is 11.4 Å². The van der Waals surface area contributed by atoms with Crippen LogP contribution in [0.3, 0.4) is 0 Å². The summed E-state index contributed by atoms with van der Waals surface area (Å²) in [6.45, 7) is 10.3. The molecule has 1 N–H and O–H groups in total. The number of hydrogen-bond donors (Lipinski definition) is 1. The van der Waals surface area contributed by atoms with Gasteiger partial charge < -0.3 is 29.3 Å². The lowest BCUT2D eigenvalue weighted by molar-refractivity contribution is -0.116. The van der Waals surface area contributed by atoms with Gasteiger partial charge in [-0.05, 0) is 62.7 Å². The maximum atomic E-state index is 13.1. The molecular formula is C26H35N3O5. The Morgan fingerprint density at radius 3 is 2.38 bits per heavy atom. The Balaban J connectivity index is 1.61. The van der Waals surface area contributed by atoms with Crippen molar-refractivity contribution in [3.8, 4) is 11.5 Å². The van der Waals surface area contributed by atoms with Crippen LogP contribution in [-0.2, 0) is 9.53 Å². The molecule has 2 amide bonds. The Hall–Kier alpha value is -3.26. The molecule has 0 aromatic heterocycles. The van der Waals surface area contributed by atoms with E-state index in [1.54, 1.807) is 18.2 Å². The van der Waals surface area contributed by atoms with Crippen molar-refractivity contribution in [2.45, 2.75) is 27.2 Å². The predicted octanol–water partition coefficient (Wildman–Crippen LogP) is 3.81. The first-order valence-electron chi connectivity index (χ1n) is 12.0. The topological polar surface area (TPSA) is 80.3 Å². The van der Waals surface area contributed by atoms with Crippen molar-refractivity contribution in [1.82, 2.24) is 4.90 Å². The SMILES string of the molecule is CCCOc1ccc(C(=O)N(CC)CC(=O)Nc2ccc(N3CCOCC3)cc2)cc1OCC. The van der Waals surface area contributed by atoms with E-state index in [0.29, 0.717) is 42.5 Å². The molecule has 0 aliphatic carbocycles. The highest BCUT2D eigenvalue weighted by atomic mass is 16.5. The van der Waals surface area contributed by atoms with E-state index in [9.17, 15) is 9.59 Å². The molecule has 0 spiro atoms. The van der Waals surface area contributed by atoms with Gasteiger partial charge in [0.05, 0.1) is 26.4 Å². The number of nitrogens with one attached hydrogen (secondary N) is 1. The molecule has 1 aliphatic heterocycles. The van der Waals surface area contributed by atoms with E-state index in [4.69, 9.17) is 14.2 Å². The summed E-state index contributed by atoms with van der Waals surface area (Å²) in [5.74, 6) is 0.662. The normalized spacial score (nSPS) is 13.3. The predicted molar refractivity (Wildman–Crippen MR) is 133 cm³/mol. The van der Waals surface area contributed by atoms with E-state index in [1.165, 1.54) is 4.90 Å². The minimum Gasteiger partial charge on any atom is -0.490 e. The summed E-state index contributed by atoms with van der Waals surface area (Å²) in [6, 6.07) is 12.9. The molecule has 3 rings (SSSR count). The molecule has 1 heterocycles. The van der Waals surface area contributed by atoms with Gasteiger partial charge in [0.25, 0.3) is 5.91 Å². The van der Waals surface area contributed by atoms with Crippen LogP contribution in [0.2, 0.25) is 0 Å². The van der Waals surface area contributed by atoms with E-state index >= 15 is 0 Å². The smallest absolute Gasteiger partial charge is 0.254 e. The summed E-state index contributed by atoms with van der Waals surface area (Å²) in [5.41, 5.74) is 2.25. The highest BCUT2D eigenvalue weighted by Crippen LogP contribution is 2.29. The monoisotopic (exact) mass is 469 g/mol. The second-order valence-corrected chi connectivity index (χ2v) is 7.96. The third-order valence-electron chi connectivity index (χ3n) is 5.48. The molecule has 0 unspecified atom stereocenters. The number of carbonyl (C=O) groups excluding carboxylic acids is 2. The number of nitrogens with zero attached hydrogens (tertiary/aromatic N) is 2. The van der Waals surface area contributed by atoms with Crippen LogP contribution >= 0.6 is 0 Å². The van der Waals surface area contributed by atoms with Gasteiger partial charge in [-0.3, -0.25) is 9.59 Å². The second-order valence-electron chi connectivity index (χ2n) is 7.96. The largest absolute Gasteiger partial charge is 0.490 e. The Morgan fingerprint density at radius 1 is 1.00 bits per heavy atom. The van der Waals surface area contributed by atoms with Gasteiger partial charge >= 0.3 is 0 Å². The van der Waals surface area contributed by atoms with Crippen molar-refractivity contribution in [2.24, 2.45) is 0 Å². The van der Waals surface area contributed by atoms with Gasteiger partial charge in [0.1, 0.15) is 6.54 Å². The molecule has 8 heteroatoms. The lowest BCUT2D eigenvalue weighted by atomic mass is 10.1. The summed E-state index contributed by atoms with van der Waals surface area (Å²) >= 11 is 0. The number of benzene rings is 2. The quantitative estimate of drug-likeness (QED) is 0.539. The number of ether oxygens (including phenoxy) is 3. The van der Waals surface area contributed by atoms with Crippen molar-refractivity contribution < 1.29 is 23.8 Å². The number of carbonyl (C=O) groups is 2. The highest BCUT2D eigenvalue weighted by molar-refractivity contribution is 5.99. The van der Waals surface area contributed by atoms with Crippen molar-refractivity contribution >= 4 is 23.2 Å². The minimum absolute atomic E-state index is 0.0431. The van der Waals surface area contributed by atoms with Gasteiger partial charge in [0.15, 0.2) is 11.5 Å².